The Morgan fingerprint density at radius 1 is 1.19 bits per heavy atom. The van der Waals surface area contributed by atoms with Gasteiger partial charge in [0, 0.05) is 0 Å². The van der Waals surface area contributed by atoms with Gasteiger partial charge in [-0.2, -0.15) is 4.72 Å². The van der Waals surface area contributed by atoms with Crippen LogP contribution < -0.4 is 10.0 Å². The number of furan rings is 1. The molecule has 0 saturated heterocycles. The molecular weight excluding hydrogens is 372 g/mol. The largest absolute Gasteiger partial charge is 0.467 e. The van der Waals surface area contributed by atoms with Crippen LogP contribution in [0.2, 0.25) is 0 Å². The average Bonchev–Trinajstić information content (AvgIpc) is 3.13. The second-order valence-corrected chi connectivity index (χ2v) is 7.77. The third kappa shape index (κ3) is 5.93. The Morgan fingerprint density at radius 3 is 2.56 bits per heavy atom. The van der Waals surface area contributed by atoms with Gasteiger partial charge in [-0.15, -0.1) is 0 Å². The lowest BCUT2D eigenvalue weighted by Gasteiger charge is -2.13. The molecule has 0 saturated carbocycles. The van der Waals surface area contributed by atoms with Crippen molar-refractivity contribution in [2.45, 2.75) is 38.3 Å². The highest BCUT2D eigenvalue weighted by Gasteiger charge is 2.21. The summed E-state index contributed by atoms with van der Waals surface area (Å²) < 4.78 is 36.7. The van der Waals surface area contributed by atoms with E-state index in [1.54, 1.807) is 25.1 Å². The van der Waals surface area contributed by atoms with E-state index in [9.17, 15) is 18.0 Å². The number of ether oxygens (including phenoxy) is 1. The lowest BCUT2D eigenvalue weighted by Crippen LogP contribution is -2.38. The van der Waals surface area contributed by atoms with E-state index in [1.165, 1.54) is 25.3 Å². The van der Waals surface area contributed by atoms with Gasteiger partial charge < -0.3 is 14.5 Å². The molecule has 0 aliphatic rings. The predicted molar refractivity (Wildman–Crippen MR) is 97.2 cm³/mol. The van der Waals surface area contributed by atoms with Gasteiger partial charge in [-0.25, -0.2) is 8.42 Å². The van der Waals surface area contributed by atoms with Crippen molar-refractivity contribution in [3.8, 4) is 0 Å². The van der Waals surface area contributed by atoms with Crippen LogP contribution in [0.25, 0.3) is 0 Å². The number of carbonyl (C=O) groups is 2. The Kier molecular flexibility index (Phi) is 6.75. The summed E-state index contributed by atoms with van der Waals surface area (Å²) in [5, 5.41) is 2.55. The van der Waals surface area contributed by atoms with Crippen LogP contribution in [0, 0.1) is 13.8 Å². The van der Waals surface area contributed by atoms with Gasteiger partial charge in [-0.3, -0.25) is 9.59 Å². The van der Waals surface area contributed by atoms with Crippen LogP contribution in [-0.2, 0) is 30.9 Å². The smallest absolute Gasteiger partial charge is 0.321 e. The van der Waals surface area contributed by atoms with Crippen molar-refractivity contribution in [2.24, 2.45) is 0 Å². The van der Waals surface area contributed by atoms with Gasteiger partial charge >= 0.3 is 5.97 Å². The molecule has 0 fully saturated rings. The SMILES string of the molecule is Cc1ccc(S(=O)(=O)NCC(=O)O[C@H](C)C(=O)NCc2ccco2)cc1C. The van der Waals surface area contributed by atoms with Crippen molar-refractivity contribution in [3.05, 3.63) is 53.5 Å². The second-order valence-electron chi connectivity index (χ2n) is 6.00. The Morgan fingerprint density at radius 2 is 1.93 bits per heavy atom. The van der Waals surface area contributed by atoms with Crippen LogP contribution in [0.3, 0.4) is 0 Å². The fourth-order valence-electron chi connectivity index (χ4n) is 2.14. The van der Waals surface area contributed by atoms with Crippen LogP contribution in [0.5, 0.6) is 0 Å². The van der Waals surface area contributed by atoms with Gasteiger partial charge in [0.05, 0.1) is 17.7 Å². The molecule has 2 rings (SSSR count). The maximum atomic E-state index is 12.2. The van der Waals surface area contributed by atoms with Gasteiger partial charge in [0.25, 0.3) is 5.91 Å². The van der Waals surface area contributed by atoms with Gasteiger partial charge in [0.1, 0.15) is 12.3 Å². The molecule has 0 unspecified atom stereocenters. The highest BCUT2D eigenvalue weighted by atomic mass is 32.2. The lowest BCUT2D eigenvalue weighted by molar-refractivity contribution is -0.153. The summed E-state index contributed by atoms with van der Waals surface area (Å²) in [6, 6.07) is 8.05. The van der Waals surface area contributed by atoms with Crippen LogP contribution in [0.4, 0.5) is 0 Å². The maximum absolute atomic E-state index is 12.2. The molecule has 0 radical (unpaired) electrons. The number of rotatable bonds is 8. The number of esters is 1. The maximum Gasteiger partial charge on any atom is 0.321 e. The molecular formula is C18H22N2O6S. The lowest BCUT2D eigenvalue weighted by atomic mass is 10.1. The number of aryl methyl sites for hydroxylation is 2. The number of sulfonamides is 1. The standard InChI is InChI=1S/C18H22N2O6S/c1-12-6-7-16(9-13(12)2)27(23,24)20-11-17(21)26-14(3)18(22)19-10-15-5-4-8-25-15/h4-9,14,20H,10-11H2,1-3H3,(H,19,22)/t14-/m1/s1. The third-order valence-electron chi connectivity index (χ3n) is 3.89. The molecule has 1 aromatic heterocycles. The molecule has 8 nitrogen and oxygen atoms in total. The van der Waals surface area contributed by atoms with E-state index in [-0.39, 0.29) is 11.4 Å². The first-order chi connectivity index (χ1) is 12.7. The van der Waals surface area contributed by atoms with Gasteiger partial charge in [0.2, 0.25) is 10.0 Å². The summed E-state index contributed by atoms with van der Waals surface area (Å²) in [6.45, 7) is 4.64. The van der Waals surface area contributed by atoms with Crippen LogP contribution in [0.1, 0.15) is 23.8 Å². The summed E-state index contributed by atoms with van der Waals surface area (Å²) in [5.41, 5.74) is 1.78. The summed E-state index contributed by atoms with van der Waals surface area (Å²) in [5.74, 6) is -0.817. The normalized spacial score (nSPS) is 12.4. The molecule has 1 amide bonds. The van der Waals surface area contributed by atoms with E-state index >= 15 is 0 Å². The highest BCUT2D eigenvalue weighted by molar-refractivity contribution is 7.89. The highest BCUT2D eigenvalue weighted by Crippen LogP contribution is 2.14. The van der Waals surface area contributed by atoms with E-state index in [1.807, 2.05) is 6.92 Å². The summed E-state index contributed by atoms with van der Waals surface area (Å²) in [7, 11) is -3.85. The second kappa shape index (κ2) is 8.83. The predicted octanol–water partition coefficient (Wildman–Crippen LogP) is 1.42. The quantitative estimate of drug-likeness (QED) is 0.655. The van der Waals surface area contributed by atoms with Gasteiger partial charge in [0.15, 0.2) is 6.10 Å². The molecule has 2 aromatic rings. The molecule has 0 aliphatic carbocycles. The zero-order chi connectivity index (χ0) is 20.0. The number of benzene rings is 1. The number of hydrogen-bond donors (Lipinski definition) is 2. The van der Waals surface area contributed by atoms with Crippen molar-refractivity contribution >= 4 is 21.9 Å². The van der Waals surface area contributed by atoms with Crippen LogP contribution in [0.15, 0.2) is 45.9 Å². The molecule has 9 heteroatoms. The van der Waals surface area contributed by atoms with Crippen molar-refractivity contribution < 1.29 is 27.2 Å². The van der Waals surface area contributed by atoms with E-state index in [4.69, 9.17) is 9.15 Å². The number of hydrogen-bond acceptors (Lipinski definition) is 6. The van der Waals surface area contributed by atoms with Gasteiger partial charge in [-0.1, -0.05) is 6.07 Å². The fourth-order valence-corrected chi connectivity index (χ4v) is 3.20. The fraction of sp³-hybridized carbons (Fsp3) is 0.333. The molecule has 146 valence electrons. The minimum Gasteiger partial charge on any atom is -0.467 e. The van der Waals surface area contributed by atoms with Crippen LogP contribution in [-0.4, -0.2) is 32.9 Å². The summed E-state index contributed by atoms with van der Waals surface area (Å²) in [6.07, 6.45) is 0.408. The average molecular weight is 394 g/mol. The van der Waals surface area contributed by atoms with Crippen molar-refractivity contribution in [2.75, 3.05) is 6.54 Å². The first-order valence-electron chi connectivity index (χ1n) is 8.25. The minimum atomic E-state index is -3.85. The van der Waals surface area contributed by atoms with Gasteiger partial charge in [-0.05, 0) is 56.2 Å². The topological polar surface area (TPSA) is 115 Å². The Bertz CT molecular complexity index is 906. The molecule has 0 aliphatic heterocycles. The van der Waals surface area contributed by atoms with E-state index in [0.717, 1.165) is 11.1 Å². The Balaban J connectivity index is 1.83. The van der Waals surface area contributed by atoms with Crippen LogP contribution >= 0.6 is 0 Å². The number of nitrogens with one attached hydrogen (secondary N) is 2. The summed E-state index contributed by atoms with van der Waals surface area (Å²) in [4.78, 5) is 23.8. The first kappa shape index (κ1) is 20.7. The molecule has 1 atom stereocenters. The molecule has 2 N–H and O–H groups in total. The zero-order valence-electron chi connectivity index (χ0n) is 15.3. The van der Waals surface area contributed by atoms with E-state index in [0.29, 0.717) is 5.76 Å². The van der Waals surface area contributed by atoms with Crippen molar-refractivity contribution in [1.29, 1.82) is 0 Å². The summed E-state index contributed by atoms with van der Waals surface area (Å²) >= 11 is 0. The third-order valence-corrected chi connectivity index (χ3v) is 5.29. The molecule has 0 spiro atoms. The monoisotopic (exact) mass is 394 g/mol. The van der Waals surface area contributed by atoms with E-state index < -0.39 is 34.5 Å². The van der Waals surface area contributed by atoms with Crippen molar-refractivity contribution in [3.63, 3.8) is 0 Å². The zero-order valence-corrected chi connectivity index (χ0v) is 16.1. The Labute approximate surface area is 157 Å². The van der Waals surface area contributed by atoms with Crippen molar-refractivity contribution in [1.82, 2.24) is 10.0 Å². The number of carbonyl (C=O) groups excluding carboxylic acids is 2. The first-order valence-corrected chi connectivity index (χ1v) is 9.74. The van der Waals surface area contributed by atoms with E-state index in [2.05, 4.69) is 10.0 Å². The molecule has 27 heavy (non-hydrogen) atoms. The minimum absolute atomic E-state index is 0.0580. The molecule has 0 bridgehead atoms. The Hall–Kier alpha value is -2.65. The number of amides is 1. The molecule has 1 heterocycles. The molecule has 1 aromatic carbocycles.